The Balaban J connectivity index is 2.12. The number of benzene rings is 1. The first kappa shape index (κ1) is 19.6. The smallest absolute Gasteiger partial charge is 0.273 e. The maximum Gasteiger partial charge on any atom is 0.273 e. The van der Waals surface area contributed by atoms with E-state index in [1.165, 1.54) is 38.4 Å². The zero-order chi connectivity index (χ0) is 19.5. The highest BCUT2D eigenvalue weighted by atomic mass is 32.2. The predicted molar refractivity (Wildman–Crippen MR) is 91.5 cm³/mol. The van der Waals surface area contributed by atoms with Crippen LogP contribution in [-0.2, 0) is 14.9 Å². The molecule has 0 bridgehead atoms. The van der Waals surface area contributed by atoms with Crippen LogP contribution < -0.4 is 10.9 Å². The minimum absolute atomic E-state index is 0.0518. The topological polar surface area (TPSA) is 118 Å². The molecule has 0 aliphatic heterocycles. The molecule has 9 nitrogen and oxygen atoms in total. The number of carbonyl (C=O) groups is 2. The molecule has 2 aromatic rings. The summed E-state index contributed by atoms with van der Waals surface area (Å²) in [4.78, 5) is 28.8. The molecule has 0 radical (unpaired) electrons. The fraction of sp³-hybridized carbons (Fsp3) is 0.250. The Bertz CT molecular complexity index is 935. The van der Waals surface area contributed by atoms with Crippen LogP contribution >= 0.6 is 0 Å². The molecule has 0 fully saturated rings. The van der Waals surface area contributed by atoms with Crippen LogP contribution in [0.5, 0.6) is 0 Å². The summed E-state index contributed by atoms with van der Waals surface area (Å²) in [5.41, 5.74) is 4.84. The quantitative estimate of drug-likeness (QED) is 0.750. The van der Waals surface area contributed by atoms with Crippen LogP contribution in [0, 0.1) is 13.8 Å². The van der Waals surface area contributed by atoms with E-state index in [0.717, 1.165) is 0 Å². The second-order valence-corrected chi connectivity index (χ2v) is 7.30. The van der Waals surface area contributed by atoms with E-state index in [9.17, 15) is 18.0 Å². The number of hydroxylamine groups is 1. The lowest BCUT2D eigenvalue weighted by Gasteiger charge is -2.14. The van der Waals surface area contributed by atoms with Crippen molar-refractivity contribution in [2.45, 2.75) is 18.7 Å². The molecular weight excluding hydrogens is 362 g/mol. The number of carbonyl (C=O) groups excluding carboxylic acids is 2. The fourth-order valence-corrected chi connectivity index (χ4v) is 3.17. The first-order chi connectivity index (χ1) is 12.2. The Morgan fingerprint density at radius 1 is 1.12 bits per heavy atom. The summed E-state index contributed by atoms with van der Waals surface area (Å²) >= 11 is 0. The van der Waals surface area contributed by atoms with Gasteiger partial charge in [-0.05, 0) is 38.1 Å². The number of sulfonamides is 1. The van der Waals surface area contributed by atoms with Gasteiger partial charge in [-0.15, -0.1) is 0 Å². The van der Waals surface area contributed by atoms with Crippen molar-refractivity contribution in [3.8, 4) is 0 Å². The summed E-state index contributed by atoms with van der Waals surface area (Å²) in [6.07, 6.45) is 0. The van der Waals surface area contributed by atoms with Gasteiger partial charge in [-0.3, -0.25) is 25.3 Å². The van der Waals surface area contributed by atoms with E-state index in [1.54, 1.807) is 19.9 Å². The average Bonchev–Trinajstić information content (AvgIpc) is 2.96. The van der Waals surface area contributed by atoms with E-state index in [4.69, 9.17) is 4.42 Å². The van der Waals surface area contributed by atoms with Gasteiger partial charge >= 0.3 is 0 Å². The van der Waals surface area contributed by atoms with E-state index in [2.05, 4.69) is 15.7 Å². The van der Waals surface area contributed by atoms with Crippen molar-refractivity contribution in [2.75, 3.05) is 14.2 Å². The average molecular weight is 381 g/mol. The number of nitrogens with zero attached hydrogens (tertiary/aromatic N) is 1. The van der Waals surface area contributed by atoms with Gasteiger partial charge in [0.25, 0.3) is 21.8 Å². The van der Waals surface area contributed by atoms with E-state index >= 15 is 0 Å². The number of hydrogen-bond donors (Lipinski definition) is 2. The van der Waals surface area contributed by atoms with Gasteiger partial charge in [0.2, 0.25) is 0 Å². The van der Waals surface area contributed by atoms with E-state index < -0.39 is 21.8 Å². The Morgan fingerprint density at radius 2 is 1.77 bits per heavy atom. The molecule has 0 unspecified atom stereocenters. The summed E-state index contributed by atoms with van der Waals surface area (Å²) in [5.74, 6) is -0.229. The largest absolute Gasteiger partial charge is 0.466 e. The van der Waals surface area contributed by atoms with E-state index in [-0.39, 0.29) is 10.5 Å². The van der Waals surface area contributed by atoms with Gasteiger partial charge in [0.05, 0.1) is 17.6 Å². The minimum atomic E-state index is -3.89. The molecule has 0 saturated heterocycles. The molecule has 0 aliphatic carbocycles. The Labute approximate surface area is 150 Å². The highest BCUT2D eigenvalue weighted by Crippen LogP contribution is 2.16. The molecule has 26 heavy (non-hydrogen) atoms. The van der Waals surface area contributed by atoms with Crippen molar-refractivity contribution in [3.05, 3.63) is 53.0 Å². The highest BCUT2D eigenvalue weighted by molar-refractivity contribution is 7.89. The van der Waals surface area contributed by atoms with E-state index in [1.807, 2.05) is 0 Å². The van der Waals surface area contributed by atoms with Crippen molar-refractivity contribution in [1.29, 1.82) is 0 Å². The van der Waals surface area contributed by atoms with Gasteiger partial charge in [-0.2, -0.15) is 0 Å². The zero-order valence-corrected chi connectivity index (χ0v) is 15.5. The Hall–Kier alpha value is -2.69. The second-order valence-electron chi connectivity index (χ2n) is 5.36. The molecule has 0 atom stereocenters. The number of nitrogens with one attached hydrogen (secondary N) is 2. The standard InChI is InChI=1S/C16H19N3O6S/c1-10-8-14(11(2)25-10)16(21)18-17-15(20)12-6-5-7-13(9-12)26(22,23)19(3)24-4/h5-9H,1-4H3,(H,17,20)(H,18,21). The van der Waals surface area contributed by atoms with Crippen LogP contribution in [0.2, 0.25) is 0 Å². The molecule has 2 N–H and O–H groups in total. The lowest BCUT2D eigenvalue weighted by Crippen LogP contribution is -2.41. The third-order valence-electron chi connectivity index (χ3n) is 3.56. The lowest BCUT2D eigenvalue weighted by atomic mass is 10.2. The van der Waals surface area contributed by atoms with Crippen LogP contribution in [0.4, 0.5) is 0 Å². The monoisotopic (exact) mass is 381 g/mol. The predicted octanol–water partition coefficient (Wildman–Crippen LogP) is 1.15. The Kier molecular flexibility index (Phi) is 5.80. The molecule has 1 heterocycles. The molecule has 140 valence electrons. The van der Waals surface area contributed by atoms with Gasteiger partial charge < -0.3 is 4.42 Å². The lowest BCUT2D eigenvalue weighted by molar-refractivity contribution is -0.0258. The highest BCUT2D eigenvalue weighted by Gasteiger charge is 2.22. The molecular formula is C16H19N3O6S. The maximum atomic E-state index is 12.2. The Morgan fingerprint density at radius 3 is 2.35 bits per heavy atom. The van der Waals surface area contributed by atoms with Crippen LogP contribution in [0.15, 0.2) is 39.6 Å². The van der Waals surface area contributed by atoms with Gasteiger partial charge in [-0.25, -0.2) is 8.42 Å². The maximum absolute atomic E-state index is 12.2. The van der Waals surface area contributed by atoms with Crippen molar-refractivity contribution >= 4 is 21.8 Å². The van der Waals surface area contributed by atoms with Crippen LogP contribution in [0.1, 0.15) is 32.2 Å². The van der Waals surface area contributed by atoms with Gasteiger partial charge in [0.15, 0.2) is 0 Å². The number of rotatable bonds is 5. The summed E-state index contributed by atoms with van der Waals surface area (Å²) < 4.78 is 30.4. The van der Waals surface area contributed by atoms with Crippen molar-refractivity contribution in [1.82, 2.24) is 15.3 Å². The zero-order valence-electron chi connectivity index (χ0n) is 14.7. The molecule has 2 amide bonds. The first-order valence-electron chi connectivity index (χ1n) is 7.47. The number of furan rings is 1. The molecule has 0 aliphatic rings. The number of hydrazine groups is 1. The second kappa shape index (κ2) is 7.68. The molecule has 1 aromatic heterocycles. The van der Waals surface area contributed by atoms with Gasteiger partial charge in [0, 0.05) is 12.6 Å². The number of amides is 2. The SMILES string of the molecule is CON(C)S(=O)(=O)c1cccc(C(=O)NNC(=O)c2cc(C)oc2C)c1. The molecule has 2 rings (SSSR count). The van der Waals surface area contributed by atoms with Gasteiger partial charge in [0.1, 0.15) is 11.5 Å². The first-order valence-corrected chi connectivity index (χ1v) is 8.91. The minimum Gasteiger partial charge on any atom is -0.466 e. The normalized spacial score (nSPS) is 11.4. The van der Waals surface area contributed by atoms with Crippen molar-refractivity contribution in [3.63, 3.8) is 0 Å². The number of hydrogen-bond acceptors (Lipinski definition) is 6. The van der Waals surface area contributed by atoms with Crippen LogP contribution in [0.25, 0.3) is 0 Å². The summed E-state index contributed by atoms with van der Waals surface area (Å²) in [6, 6.07) is 6.89. The molecule has 0 spiro atoms. The van der Waals surface area contributed by atoms with Crippen molar-refractivity contribution in [2.24, 2.45) is 0 Å². The third-order valence-corrected chi connectivity index (χ3v) is 5.24. The molecule has 1 aromatic carbocycles. The summed E-state index contributed by atoms with van der Waals surface area (Å²) in [5, 5.41) is 0. The van der Waals surface area contributed by atoms with Gasteiger partial charge in [-0.1, -0.05) is 10.5 Å². The van der Waals surface area contributed by atoms with Crippen LogP contribution in [-0.4, -0.2) is 38.9 Å². The van der Waals surface area contributed by atoms with Crippen LogP contribution in [0.3, 0.4) is 0 Å². The molecule has 10 heteroatoms. The summed E-state index contributed by atoms with van der Waals surface area (Å²) in [6.45, 7) is 3.33. The van der Waals surface area contributed by atoms with Crippen molar-refractivity contribution < 1.29 is 27.3 Å². The summed E-state index contributed by atoms with van der Waals surface area (Å²) in [7, 11) is -1.45. The number of aryl methyl sites for hydroxylation is 2. The fourth-order valence-electron chi connectivity index (χ4n) is 2.15. The molecule has 0 saturated carbocycles. The third kappa shape index (κ3) is 4.10. The van der Waals surface area contributed by atoms with E-state index in [0.29, 0.717) is 21.6 Å².